The molecule has 0 bridgehead atoms. The van der Waals surface area contributed by atoms with Crippen LogP contribution >= 0.6 is 15.9 Å². The first-order chi connectivity index (χ1) is 9.24. The van der Waals surface area contributed by atoms with Crippen molar-refractivity contribution in [3.05, 3.63) is 10.7 Å². The van der Waals surface area contributed by atoms with Gasteiger partial charge in [-0.05, 0) is 41.6 Å². The summed E-state index contributed by atoms with van der Waals surface area (Å²) in [5, 5.41) is 0. The topological polar surface area (TPSA) is 47.5 Å². The summed E-state index contributed by atoms with van der Waals surface area (Å²) in [7, 11) is 1.62. The number of piperidine rings is 1. The van der Waals surface area contributed by atoms with Gasteiger partial charge in [0.2, 0.25) is 11.8 Å². The van der Waals surface area contributed by atoms with Gasteiger partial charge in [0.25, 0.3) is 0 Å². The number of hydrogen-bond acceptors (Lipinski definition) is 5. The molecule has 5 nitrogen and oxygen atoms in total. The number of ether oxygens (including phenoxy) is 2. The third-order valence-corrected chi connectivity index (χ3v) is 3.80. The van der Waals surface area contributed by atoms with Crippen molar-refractivity contribution in [2.24, 2.45) is 5.92 Å². The van der Waals surface area contributed by atoms with Crippen LogP contribution in [0.5, 0.6) is 5.88 Å². The van der Waals surface area contributed by atoms with E-state index in [2.05, 4.69) is 30.8 Å². The number of anilines is 1. The van der Waals surface area contributed by atoms with Crippen LogP contribution in [0.4, 0.5) is 5.95 Å². The average molecular weight is 330 g/mol. The Labute approximate surface area is 122 Å². The van der Waals surface area contributed by atoms with Gasteiger partial charge >= 0.3 is 0 Å². The second kappa shape index (κ2) is 7.05. The Balaban J connectivity index is 2.04. The van der Waals surface area contributed by atoms with E-state index in [1.54, 1.807) is 13.3 Å². The molecule has 19 heavy (non-hydrogen) atoms. The van der Waals surface area contributed by atoms with E-state index in [-0.39, 0.29) is 0 Å². The number of halogens is 1. The van der Waals surface area contributed by atoms with Crippen LogP contribution in [0.2, 0.25) is 0 Å². The Morgan fingerprint density at radius 3 is 3.11 bits per heavy atom. The first-order valence-electron chi connectivity index (χ1n) is 6.63. The van der Waals surface area contributed by atoms with Crippen LogP contribution in [0.1, 0.15) is 19.8 Å². The Morgan fingerprint density at radius 1 is 1.53 bits per heavy atom. The Bertz CT molecular complexity index is 417. The quantitative estimate of drug-likeness (QED) is 0.830. The van der Waals surface area contributed by atoms with Crippen molar-refractivity contribution in [1.29, 1.82) is 0 Å². The van der Waals surface area contributed by atoms with Crippen molar-refractivity contribution in [3.8, 4) is 5.88 Å². The molecule has 0 aliphatic carbocycles. The summed E-state index contributed by atoms with van der Waals surface area (Å²) in [6.45, 7) is 5.57. The van der Waals surface area contributed by atoms with Crippen molar-refractivity contribution >= 4 is 21.9 Å². The third kappa shape index (κ3) is 3.79. The SMILES string of the molecule is CCOCC1CCCN(c2ncc(Br)c(OC)n2)C1. The molecular formula is C13H20BrN3O2. The molecule has 0 radical (unpaired) electrons. The molecule has 2 heterocycles. The van der Waals surface area contributed by atoms with Crippen LogP contribution in [-0.4, -0.2) is 43.4 Å². The highest BCUT2D eigenvalue weighted by Gasteiger charge is 2.22. The summed E-state index contributed by atoms with van der Waals surface area (Å²) in [4.78, 5) is 11.0. The number of aromatic nitrogens is 2. The molecular weight excluding hydrogens is 310 g/mol. The van der Waals surface area contributed by atoms with E-state index in [1.165, 1.54) is 6.42 Å². The van der Waals surface area contributed by atoms with Gasteiger partial charge in [0, 0.05) is 19.7 Å². The van der Waals surface area contributed by atoms with Crippen LogP contribution in [0.15, 0.2) is 10.7 Å². The van der Waals surface area contributed by atoms with E-state index < -0.39 is 0 Å². The van der Waals surface area contributed by atoms with Gasteiger partial charge in [0.15, 0.2) is 0 Å². The normalized spacial score (nSPS) is 19.5. The highest BCUT2D eigenvalue weighted by atomic mass is 79.9. The highest BCUT2D eigenvalue weighted by molar-refractivity contribution is 9.10. The molecule has 1 aliphatic rings. The van der Waals surface area contributed by atoms with Crippen molar-refractivity contribution in [2.75, 3.05) is 38.3 Å². The molecule has 1 fully saturated rings. The van der Waals surface area contributed by atoms with Crippen molar-refractivity contribution in [3.63, 3.8) is 0 Å². The molecule has 1 aromatic rings. The molecule has 1 atom stereocenters. The van der Waals surface area contributed by atoms with Crippen molar-refractivity contribution in [1.82, 2.24) is 9.97 Å². The maximum Gasteiger partial charge on any atom is 0.232 e. The second-order valence-corrected chi connectivity index (χ2v) is 5.50. The van der Waals surface area contributed by atoms with E-state index in [9.17, 15) is 0 Å². The minimum absolute atomic E-state index is 0.562. The molecule has 0 saturated carbocycles. The minimum atomic E-state index is 0.562. The summed E-state index contributed by atoms with van der Waals surface area (Å²) in [5.41, 5.74) is 0. The molecule has 6 heteroatoms. The summed E-state index contributed by atoms with van der Waals surface area (Å²) in [6.07, 6.45) is 4.11. The third-order valence-electron chi connectivity index (χ3n) is 3.25. The van der Waals surface area contributed by atoms with Crippen LogP contribution in [-0.2, 0) is 4.74 Å². The van der Waals surface area contributed by atoms with Gasteiger partial charge in [-0.1, -0.05) is 0 Å². The summed E-state index contributed by atoms with van der Waals surface area (Å²) in [5.74, 6) is 1.88. The fourth-order valence-electron chi connectivity index (χ4n) is 2.31. The Hall–Kier alpha value is -0.880. The van der Waals surface area contributed by atoms with Gasteiger partial charge in [-0.2, -0.15) is 4.98 Å². The predicted octanol–water partition coefficient (Wildman–Crippen LogP) is 2.50. The number of nitrogens with zero attached hydrogens (tertiary/aromatic N) is 3. The maximum atomic E-state index is 5.52. The zero-order valence-corrected chi connectivity index (χ0v) is 13.0. The van der Waals surface area contributed by atoms with E-state index in [4.69, 9.17) is 9.47 Å². The van der Waals surface area contributed by atoms with Crippen LogP contribution < -0.4 is 9.64 Å². The Kier molecular flexibility index (Phi) is 5.39. The maximum absolute atomic E-state index is 5.52. The molecule has 106 valence electrons. The fourth-order valence-corrected chi connectivity index (χ4v) is 2.66. The second-order valence-electron chi connectivity index (χ2n) is 4.64. The van der Waals surface area contributed by atoms with E-state index in [0.717, 1.165) is 43.1 Å². The fraction of sp³-hybridized carbons (Fsp3) is 0.692. The molecule has 1 aliphatic heterocycles. The summed E-state index contributed by atoms with van der Waals surface area (Å²) in [6, 6.07) is 0. The lowest BCUT2D eigenvalue weighted by Gasteiger charge is -2.32. The molecule has 2 rings (SSSR count). The zero-order chi connectivity index (χ0) is 13.7. The van der Waals surface area contributed by atoms with Crippen molar-refractivity contribution < 1.29 is 9.47 Å². The van der Waals surface area contributed by atoms with Crippen molar-refractivity contribution in [2.45, 2.75) is 19.8 Å². The van der Waals surface area contributed by atoms with Gasteiger partial charge in [-0.25, -0.2) is 4.98 Å². The van der Waals surface area contributed by atoms with Crippen LogP contribution in [0, 0.1) is 5.92 Å². The molecule has 0 amide bonds. The van der Waals surface area contributed by atoms with E-state index in [0.29, 0.717) is 11.8 Å². The van der Waals surface area contributed by atoms with Gasteiger partial charge in [0.05, 0.1) is 24.4 Å². The molecule has 0 N–H and O–H groups in total. The van der Waals surface area contributed by atoms with Crippen LogP contribution in [0.25, 0.3) is 0 Å². The highest BCUT2D eigenvalue weighted by Crippen LogP contribution is 2.26. The molecule has 1 unspecified atom stereocenters. The lowest BCUT2D eigenvalue weighted by Crippen LogP contribution is -2.38. The minimum Gasteiger partial charge on any atom is -0.480 e. The zero-order valence-electron chi connectivity index (χ0n) is 11.4. The lowest BCUT2D eigenvalue weighted by molar-refractivity contribution is 0.104. The number of rotatable bonds is 5. The molecule has 0 spiro atoms. The lowest BCUT2D eigenvalue weighted by atomic mass is 9.99. The molecule has 1 aromatic heterocycles. The first-order valence-corrected chi connectivity index (χ1v) is 7.43. The average Bonchev–Trinajstić information content (AvgIpc) is 2.46. The number of hydrogen-bond donors (Lipinski definition) is 0. The largest absolute Gasteiger partial charge is 0.480 e. The Morgan fingerprint density at radius 2 is 2.37 bits per heavy atom. The molecule has 0 aromatic carbocycles. The van der Waals surface area contributed by atoms with Crippen LogP contribution in [0.3, 0.4) is 0 Å². The van der Waals surface area contributed by atoms with E-state index in [1.807, 2.05) is 6.92 Å². The van der Waals surface area contributed by atoms with Gasteiger partial charge in [0.1, 0.15) is 0 Å². The van der Waals surface area contributed by atoms with Gasteiger partial charge in [-0.3, -0.25) is 0 Å². The monoisotopic (exact) mass is 329 g/mol. The standard InChI is InChI=1S/C13H20BrN3O2/c1-3-19-9-10-5-4-6-17(8-10)13-15-7-11(14)12(16-13)18-2/h7,10H,3-6,8-9H2,1-2H3. The number of methoxy groups -OCH3 is 1. The van der Waals surface area contributed by atoms with Gasteiger partial charge in [-0.15, -0.1) is 0 Å². The summed E-state index contributed by atoms with van der Waals surface area (Å²) < 4.78 is 11.5. The molecule has 1 saturated heterocycles. The predicted molar refractivity (Wildman–Crippen MR) is 77.7 cm³/mol. The summed E-state index contributed by atoms with van der Waals surface area (Å²) >= 11 is 3.37. The first kappa shape index (κ1) is 14.5. The smallest absolute Gasteiger partial charge is 0.232 e. The van der Waals surface area contributed by atoms with E-state index >= 15 is 0 Å². The van der Waals surface area contributed by atoms with Gasteiger partial charge < -0.3 is 14.4 Å².